The fourth-order valence-corrected chi connectivity index (χ4v) is 3.34. The first-order valence-electron chi connectivity index (χ1n) is 4.93. The fraction of sp³-hybridized carbons (Fsp3) is 0.500. The first-order chi connectivity index (χ1) is 6.52. The van der Waals surface area contributed by atoms with Gasteiger partial charge in [0.15, 0.2) is 0 Å². The van der Waals surface area contributed by atoms with Crippen LogP contribution in [0.3, 0.4) is 0 Å². The molecule has 0 aliphatic rings. The van der Waals surface area contributed by atoms with Crippen LogP contribution in [0.15, 0.2) is 35.2 Å². The van der Waals surface area contributed by atoms with Gasteiger partial charge in [0.05, 0.1) is 0 Å². The van der Waals surface area contributed by atoms with E-state index >= 15 is 0 Å². The topological polar surface area (TPSA) is 0 Å². The normalized spacial score (nSPS) is 12.1. The summed E-state index contributed by atoms with van der Waals surface area (Å²) in [6.07, 6.45) is 0. The molecule has 0 aliphatic heterocycles. The molecule has 0 radical (unpaired) electrons. The largest absolute Gasteiger partial charge is 0.0824 e. The average Bonchev–Trinajstić information content (AvgIpc) is 2.16. The third kappa shape index (κ3) is 3.58. The van der Waals surface area contributed by atoms with Gasteiger partial charge in [-0.2, -0.15) is 0 Å². The number of hydrogen-bond donors (Lipinski definition) is 0. The van der Waals surface area contributed by atoms with E-state index in [0.29, 0.717) is 10.7 Å². The van der Waals surface area contributed by atoms with Crippen molar-refractivity contribution in [3.8, 4) is 0 Å². The summed E-state index contributed by atoms with van der Waals surface area (Å²) < 4.78 is 0.334. The molecule has 0 aliphatic carbocycles. The van der Waals surface area contributed by atoms with Crippen LogP contribution in [0, 0.1) is 5.92 Å². The van der Waals surface area contributed by atoms with Crippen molar-refractivity contribution in [2.24, 2.45) is 5.92 Å². The Bertz CT molecular complexity index is 265. The standard InChI is InChI=1S/C12H18S2/c1-10(2)12(3,4)14-13-11-8-6-5-7-9-11/h5-10H,1-4H3. The van der Waals surface area contributed by atoms with Gasteiger partial charge in [-0.05, 0) is 31.9 Å². The van der Waals surface area contributed by atoms with E-state index in [2.05, 4.69) is 58.0 Å². The lowest BCUT2D eigenvalue weighted by atomic mass is 10.00. The van der Waals surface area contributed by atoms with Gasteiger partial charge in [-0.1, -0.05) is 53.6 Å². The van der Waals surface area contributed by atoms with Crippen molar-refractivity contribution in [2.75, 3.05) is 0 Å². The van der Waals surface area contributed by atoms with Crippen molar-refractivity contribution >= 4 is 21.6 Å². The molecule has 0 aromatic heterocycles. The van der Waals surface area contributed by atoms with Gasteiger partial charge >= 0.3 is 0 Å². The zero-order valence-corrected chi connectivity index (χ0v) is 10.9. The van der Waals surface area contributed by atoms with Crippen molar-refractivity contribution in [1.29, 1.82) is 0 Å². The third-order valence-electron chi connectivity index (χ3n) is 2.49. The summed E-state index contributed by atoms with van der Waals surface area (Å²) in [6, 6.07) is 10.6. The Labute approximate surface area is 95.3 Å². The first kappa shape index (κ1) is 12.0. The van der Waals surface area contributed by atoms with Crippen molar-refractivity contribution in [1.82, 2.24) is 0 Å². The minimum atomic E-state index is 0.334. The van der Waals surface area contributed by atoms with E-state index in [0.717, 1.165) is 0 Å². The van der Waals surface area contributed by atoms with Crippen molar-refractivity contribution in [3.63, 3.8) is 0 Å². The maximum absolute atomic E-state index is 2.30. The van der Waals surface area contributed by atoms with E-state index in [1.807, 2.05) is 21.6 Å². The highest BCUT2D eigenvalue weighted by Gasteiger charge is 2.23. The number of benzene rings is 1. The Morgan fingerprint density at radius 2 is 1.64 bits per heavy atom. The molecule has 0 nitrogen and oxygen atoms in total. The summed E-state index contributed by atoms with van der Waals surface area (Å²) in [5, 5.41) is 0. The van der Waals surface area contributed by atoms with Gasteiger partial charge in [-0.3, -0.25) is 0 Å². The van der Waals surface area contributed by atoms with Gasteiger partial charge in [0.2, 0.25) is 0 Å². The Kier molecular flexibility index (Phi) is 4.39. The molecule has 0 amide bonds. The number of rotatable bonds is 4. The second-order valence-corrected chi connectivity index (χ2v) is 7.09. The molecule has 0 spiro atoms. The lowest BCUT2D eigenvalue weighted by molar-refractivity contribution is 0.507. The maximum Gasteiger partial charge on any atom is 0.0233 e. The summed E-state index contributed by atoms with van der Waals surface area (Å²) in [6.45, 7) is 9.16. The Hall–Kier alpha value is -0.0800. The molecule has 0 N–H and O–H groups in total. The predicted molar refractivity (Wildman–Crippen MR) is 68.8 cm³/mol. The molecule has 0 fully saturated rings. The fourth-order valence-electron chi connectivity index (χ4n) is 0.728. The van der Waals surface area contributed by atoms with Crippen LogP contribution in [0.2, 0.25) is 0 Å². The van der Waals surface area contributed by atoms with Gasteiger partial charge in [0.1, 0.15) is 0 Å². The molecule has 2 heteroatoms. The molecule has 0 bridgehead atoms. The summed E-state index contributed by atoms with van der Waals surface area (Å²) in [5.41, 5.74) is 0. The van der Waals surface area contributed by atoms with Crippen LogP contribution in [0.1, 0.15) is 27.7 Å². The summed E-state index contributed by atoms with van der Waals surface area (Å²) >= 11 is 0. The molecule has 78 valence electrons. The number of hydrogen-bond acceptors (Lipinski definition) is 2. The van der Waals surface area contributed by atoms with Gasteiger partial charge in [0.25, 0.3) is 0 Å². The SMILES string of the molecule is CC(C)C(C)(C)SSc1ccccc1. The monoisotopic (exact) mass is 226 g/mol. The van der Waals surface area contributed by atoms with Gasteiger partial charge < -0.3 is 0 Å². The molecule has 0 atom stereocenters. The van der Waals surface area contributed by atoms with E-state index in [4.69, 9.17) is 0 Å². The Morgan fingerprint density at radius 1 is 1.07 bits per heavy atom. The van der Waals surface area contributed by atoms with E-state index in [1.165, 1.54) is 4.90 Å². The summed E-state index contributed by atoms with van der Waals surface area (Å²) in [7, 11) is 3.83. The highest BCUT2D eigenvalue weighted by atomic mass is 33.1. The highest BCUT2D eigenvalue weighted by Crippen LogP contribution is 2.44. The van der Waals surface area contributed by atoms with Crippen molar-refractivity contribution in [3.05, 3.63) is 30.3 Å². The minimum absolute atomic E-state index is 0.334. The van der Waals surface area contributed by atoms with E-state index < -0.39 is 0 Å². The van der Waals surface area contributed by atoms with Crippen LogP contribution in [0.4, 0.5) is 0 Å². The molecular weight excluding hydrogens is 208 g/mol. The van der Waals surface area contributed by atoms with E-state index in [-0.39, 0.29) is 0 Å². The first-order valence-corrected chi connectivity index (χ1v) is 7.08. The average molecular weight is 226 g/mol. The molecule has 1 aromatic rings. The minimum Gasteiger partial charge on any atom is -0.0824 e. The zero-order valence-electron chi connectivity index (χ0n) is 9.28. The Balaban J connectivity index is 2.49. The highest BCUT2D eigenvalue weighted by molar-refractivity contribution is 8.77. The van der Waals surface area contributed by atoms with Crippen LogP contribution in [0.25, 0.3) is 0 Å². The summed E-state index contributed by atoms with van der Waals surface area (Å²) in [5.74, 6) is 0.698. The van der Waals surface area contributed by atoms with E-state index in [9.17, 15) is 0 Å². The molecule has 1 aromatic carbocycles. The quantitative estimate of drug-likeness (QED) is 0.672. The molecule has 0 saturated heterocycles. The molecule has 0 unspecified atom stereocenters. The van der Waals surface area contributed by atoms with Crippen LogP contribution in [-0.4, -0.2) is 4.75 Å². The van der Waals surface area contributed by atoms with Crippen LogP contribution in [0.5, 0.6) is 0 Å². The van der Waals surface area contributed by atoms with Crippen LogP contribution < -0.4 is 0 Å². The summed E-state index contributed by atoms with van der Waals surface area (Å²) in [4.78, 5) is 1.34. The molecule has 14 heavy (non-hydrogen) atoms. The van der Waals surface area contributed by atoms with Crippen molar-refractivity contribution < 1.29 is 0 Å². The van der Waals surface area contributed by atoms with Crippen molar-refractivity contribution in [2.45, 2.75) is 37.3 Å². The third-order valence-corrected chi connectivity index (χ3v) is 6.05. The van der Waals surface area contributed by atoms with Gasteiger partial charge in [-0.15, -0.1) is 0 Å². The van der Waals surface area contributed by atoms with Gasteiger partial charge in [-0.25, -0.2) is 0 Å². The van der Waals surface area contributed by atoms with Gasteiger partial charge in [0, 0.05) is 9.64 Å². The van der Waals surface area contributed by atoms with Crippen LogP contribution >= 0.6 is 21.6 Å². The predicted octanol–water partition coefficient (Wildman–Crippen LogP) is 4.86. The molecule has 0 heterocycles. The van der Waals surface area contributed by atoms with Crippen LogP contribution in [-0.2, 0) is 0 Å². The Morgan fingerprint density at radius 3 is 2.14 bits per heavy atom. The lowest BCUT2D eigenvalue weighted by Crippen LogP contribution is -2.21. The van der Waals surface area contributed by atoms with E-state index in [1.54, 1.807) is 0 Å². The maximum atomic E-state index is 2.30. The second-order valence-electron chi connectivity index (χ2n) is 4.24. The zero-order chi connectivity index (χ0) is 10.6. The second kappa shape index (κ2) is 5.13. The molecular formula is C12H18S2. The smallest absolute Gasteiger partial charge is 0.0233 e. The lowest BCUT2D eigenvalue weighted by Gasteiger charge is -2.27. The molecule has 1 rings (SSSR count). The molecule has 0 saturated carbocycles.